The summed E-state index contributed by atoms with van der Waals surface area (Å²) in [7, 11) is 0. The number of benzene rings is 1. The molecular weight excluding hydrogens is 281 g/mol. The quantitative estimate of drug-likeness (QED) is 0.842. The van der Waals surface area contributed by atoms with Gasteiger partial charge in [0, 0.05) is 0 Å². The molecule has 19 heavy (non-hydrogen) atoms. The van der Waals surface area contributed by atoms with Crippen LogP contribution >= 0.6 is 23.2 Å². The number of rotatable bonds is 2. The van der Waals surface area contributed by atoms with Crippen molar-refractivity contribution in [3.8, 4) is 6.07 Å². The molecule has 0 bridgehead atoms. The summed E-state index contributed by atoms with van der Waals surface area (Å²) in [5.74, 6) is 0.763. The molecule has 1 aliphatic carbocycles. The minimum atomic E-state index is 0.341. The third-order valence-electron chi connectivity index (χ3n) is 3.40. The Labute approximate surface area is 120 Å². The summed E-state index contributed by atoms with van der Waals surface area (Å²) >= 11 is 11.9. The van der Waals surface area contributed by atoms with Gasteiger partial charge in [-0.3, -0.25) is 0 Å². The molecule has 2 aromatic rings. The van der Waals surface area contributed by atoms with Crippen LogP contribution in [0.5, 0.6) is 0 Å². The van der Waals surface area contributed by atoms with E-state index in [1.807, 2.05) is 24.3 Å². The maximum atomic E-state index is 8.78. The summed E-state index contributed by atoms with van der Waals surface area (Å²) in [5, 5.41) is 17.1. The lowest BCUT2D eigenvalue weighted by Crippen LogP contribution is -1.92. The predicted octanol–water partition coefficient (Wildman–Crippen LogP) is 3.93. The van der Waals surface area contributed by atoms with E-state index in [1.54, 1.807) is 6.07 Å². The Morgan fingerprint density at radius 3 is 2.53 bits per heavy atom. The number of aromatic nitrogens is 2. The molecule has 5 heteroatoms. The molecule has 0 spiro atoms. The lowest BCUT2D eigenvalue weighted by molar-refractivity contribution is 0.955. The molecule has 1 aliphatic rings. The van der Waals surface area contributed by atoms with E-state index in [0.717, 1.165) is 12.0 Å². The van der Waals surface area contributed by atoms with Gasteiger partial charge in [-0.25, -0.2) is 0 Å². The highest BCUT2D eigenvalue weighted by atomic mass is 35.5. The molecule has 0 radical (unpaired) electrons. The average Bonchev–Trinajstić information content (AvgIpc) is 3.22. The molecular formula is C14H9Cl2N3. The van der Waals surface area contributed by atoms with Crippen molar-refractivity contribution in [2.24, 2.45) is 0 Å². The normalized spacial score (nSPS) is 20.9. The Hall–Kier alpha value is -1.63. The summed E-state index contributed by atoms with van der Waals surface area (Å²) in [6.07, 6.45) is 1.02. The maximum Gasteiger partial charge on any atom is 0.155 e. The minimum Gasteiger partial charge on any atom is -0.192 e. The standard InChI is InChI=1S/C14H9Cl2N3/c15-13-6-12(14(16)19-18-13)11-5-10(11)9-3-1-8(7-17)2-4-9/h1-4,6,10-11H,5H2. The second kappa shape index (κ2) is 4.80. The van der Waals surface area contributed by atoms with E-state index < -0.39 is 0 Å². The Morgan fingerprint density at radius 1 is 1.11 bits per heavy atom. The molecule has 1 fully saturated rings. The van der Waals surface area contributed by atoms with Crippen LogP contribution < -0.4 is 0 Å². The first-order valence-electron chi connectivity index (χ1n) is 5.87. The molecule has 0 amide bonds. The molecule has 0 aliphatic heterocycles. The van der Waals surface area contributed by atoms with Gasteiger partial charge in [-0.15, -0.1) is 10.2 Å². The fourth-order valence-electron chi connectivity index (χ4n) is 2.34. The van der Waals surface area contributed by atoms with E-state index in [-0.39, 0.29) is 0 Å². The smallest absolute Gasteiger partial charge is 0.155 e. The Kier molecular flexibility index (Phi) is 3.14. The van der Waals surface area contributed by atoms with Crippen LogP contribution in [0, 0.1) is 11.3 Å². The van der Waals surface area contributed by atoms with Crippen molar-refractivity contribution in [3.63, 3.8) is 0 Å². The fourth-order valence-corrected chi connectivity index (χ4v) is 2.73. The SMILES string of the molecule is N#Cc1ccc(C2CC2c2cc(Cl)nnc2Cl)cc1. The molecule has 3 rings (SSSR count). The van der Waals surface area contributed by atoms with Gasteiger partial charge in [0.2, 0.25) is 0 Å². The van der Waals surface area contributed by atoms with Gasteiger partial charge in [0.05, 0.1) is 11.6 Å². The van der Waals surface area contributed by atoms with Crippen LogP contribution in [0.25, 0.3) is 0 Å². The highest BCUT2D eigenvalue weighted by Gasteiger charge is 2.41. The van der Waals surface area contributed by atoms with Crippen LogP contribution in [-0.2, 0) is 0 Å². The Bertz CT molecular complexity index is 661. The number of hydrogen-bond donors (Lipinski definition) is 0. The average molecular weight is 290 g/mol. The number of nitrogens with zero attached hydrogens (tertiary/aromatic N) is 3. The van der Waals surface area contributed by atoms with Crippen molar-refractivity contribution < 1.29 is 0 Å². The summed E-state index contributed by atoms with van der Waals surface area (Å²) < 4.78 is 0. The Morgan fingerprint density at radius 2 is 1.84 bits per heavy atom. The predicted molar refractivity (Wildman–Crippen MR) is 73.3 cm³/mol. The third-order valence-corrected chi connectivity index (χ3v) is 3.88. The van der Waals surface area contributed by atoms with Gasteiger partial charge in [0.1, 0.15) is 0 Å². The molecule has 94 valence electrons. The topological polar surface area (TPSA) is 49.6 Å². The molecule has 3 nitrogen and oxygen atoms in total. The number of nitriles is 1. The van der Waals surface area contributed by atoms with Gasteiger partial charge in [0.15, 0.2) is 10.3 Å². The largest absolute Gasteiger partial charge is 0.192 e. The zero-order chi connectivity index (χ0) is 13.4. The fraction of sp³-hybridized carbons (Fsp3) is 0.214. The highest BCUT2D eigenvalue weighted by molar-refractivity contribution is 6.31. The molecule has 2 atom stereocenters. The lowest BCUT2D eigenvalue weighted by Gasteiger charge is -2.03. The number of hydrogen-bond acceptors (Lipinski definition) is 3. The minimum absolute atomic E-state index is 0.341. The van der Waals surface area contributed by atoms with Crippen molar-refractivity contribution in [2.45, 2.75) is 18.3 Å². The number of halogens is 2. The van der Waals surface area contributed by atoms with E-state index in [4.69, 9.17) is 28.5 Å². The second-order valence-electron chi connectivity index (χ2n) is 4.60. The van der Waals surface area contributed by atoms with Crippen molar-refractivity contribution in [2.75, 3.05) is 0 Å². The van der Waals surface area contributed by atoms with Crippen LogP contribution in [0.4, 0.5) is 0 Å². The van der Waals surface area contributed by atoms with Gasteiger partial charge in [-0.05, 0) is 47.6 Å². The zero-order valence-corrected chi connectivity index (χ0v) is 11.4. The maximum absolute atomic E-state index is 8.78. The van der Waals surface area contributed by atoms with Crippen LogP contribution in [0.2, 0.25) is 10.3 Å². The summed E-state index contributed by atoms with van der Waals surface area (Å²) in [6, 6.07) is 11.6. The van der Waals surface area contributed by atoms with Gasteiger partial charge in [-0.1, -0.05) is 35.3 Å². The highest BCUT2D eigenvalue weighted by Crippen LogP contribution is 2.55. The molecule has 1 saturated carbocycles. The van der Waals surface area contributed by atoms with E-state index in [2.05, 4.69) is 16.3 Å². The first-order valence-corrected chi connectivity index (χ1v) is 6.63. The summed E-state index contributed by atoms with van der Waals surface area (Å²) in [6.45, 7) is 0. The van der Waals surface area contributed by atoms with Gasteiger partial charge < -0.3 is 0 Å². The first-order chi connectivity index (χ1) is 9.19. The van der Waals surface area contributed by atoms with Crippen LogP contribution in [-0.4, -0.2) is 10.2 Å². The molecule has 0 saturated heterocycles. The van der Waals surface area contributed by atoms with Crippen LogP contribution in [0.1, 0.15) is 34.9 Å². The van der Waals surface area contributed by atoms with Crippen molar-refractivity contribution >= 4 is 23.2 Å². The van der Waals surface area contributed by atoms with E-state index in [1.165, 1.54) is 5.56 Å². The summed E-state index contributed by atoms with van der Waals surface area (Å²) in [5.41, 5.74) is 2.84. The van der Waals surface area contributed by atoms with Gasteiger partial charge in [-0.2, -0.15) is 5.26 Å². The van der Waals surface area contributed by atoms with Gasteiger partial charge in [0.25, 0.3) is 0 Å². The molecule has 0 N–H and O–H groups in total. The van der Waals surface area contributed by atoms with Crippen molar-refractivity contribution in [3.05, 3.63) is 57.3 Å². The second-order valence-corrected chi connectivity index (χ2v) is 5.34. The summed E-state index contributed by atoms with van der Waals surface area (Å²) in [4.78, 5) is 0. The molecule has 1 aromatic heterocycles. The van der Waals surface area contributed by atoms with Crippen molar-refractivity contribution in [1.29, 1.82) is 5.26 Å². The van der Waals surface area contributed by atoms with E-state index in [0.29, 0.717) is 27.7 Å². The third kappa shape index (κ3) is 2.42. The lowest BCUT2D eigenvalue weighted by atomic mass is 10.0. The zero-order valence-electron chi connectivity index (χ0n) is 9.85. The molecule has 1 heterocycles. The van der Waals surface area contributed by atoms with Gasteiger partial charge >= 0.3 is 0 Å². The molecule has 2 unspecified atom stereocenters. The molecule has 1 aromatic carbocycles. The monoisotopic (exact) mass is 289 g/mol. The van der Waals surface area contributed by atoms with E-state index in [9.17, 15) is 0 Å². The van der Waals surface area contributed by atoms with Crippen LogP contribution in [0.3, 0.4) is 0 Å². The van der Waals surface area contributed by atoms with Crippen LogP contribution in [0.15, 0.2) is 30.3 Å². The van der Waals surface area contributed by atoms with Crippen molar-refractivity contribution in [1.82, 2.24) is 10.2 Å². The van der Waals surface area contributed by atoms with E-state index >= 15 is 0 Å². The Balaban J connectivity index is 1.84. The first kappa shape index (κ1) is 12.4.